The van der Waals surface area contributed by atoms with E-state index in [0.29, 0.717) is 17.2 Å². The second-order valence-corrected chi connectivity index (χ2v) is 6.02. The minimum absolute atomic E-state index is 0.112. The summed E-state index contributed by atoms with van der Waals surface area (Å²) in [5.41, 5.74) is 5.65. The summed E-state index contributed by atoms with van der Waals surface area (Å²) < 4.78 is 24.5. The van der Waals surface area contributed by atoms with Gasteiger partial charge in [0.2, 0.25) is 0 Å². The maximum absolute atomic E-state index is 13.3. The van der Waals surface area contributed by atoms with Crippen LogP contribution in [-0.4, -0.2) is 27.7 Å². The number of amides is 1. The lowest BCUT2D eigenvalue weighted by Gasteiger charge is -2.23. The van der Waals surface area contributed by atoms with Gasteiger partial charge in [-0.2, -0.15) is 0 Å². The van der Waals surface area contributed by atoms with E-state index in [9.17, 15) is 13.4 Å². The number of carbonyl (C=O) groups is 1. The van der Waals surface area contributed by atoms with Crippen molar-refractivity contribution in [2.75, 3.05) is 16.8 Å². The molecule has 0 atom stereocenters. The normalized spacial score (nSPS) is 23.6. The first kappa shape index (κ1) is 13.0. The third kappa shape index (κ3) is 3.07. The quantitative estimate of drug-likeness (QED) is 0.868. The topological polar surface area (TPSA) is 72.2 Å². The number of anilines is 1. The number of rotatable bonds is 3. The molecule has 3 N–H and O–H groups in total. The van der Waals surface area contributed by atoms with Crippen molar-refractivity contribution in [3.05, 3.63) is 29.6 Å². The summed E-state index contributed by atoms with van der Waals surface area (Å²) >= 11 is 0. The molecule has 98 valence electrons. The van der Waals surface area contributed by atoms with Gasteiger partial charge in [-0.1, -0.05) is 0 Å². The van der Waals surface area contributed by atoms with Crippen LogP contribution in [0.2, 0.25) is 0 Å². The highest BCUT2D eigenvalue weighted by Crippen LogP contribution is 2.19. The summed E-state index contributed by atoms with van der Waals surface area (Å²) in [5, 5.41) is 3.22. The molecular weight excluding hydrogens is 255 g/mol. The molecule has 0 saturated carbocycles. The zero-order valence-corrected chi connectivity index (χ0v) is 10.6. The van der Waals surface area contributed by atoms with Gasteiger partial charge in [0.15, 0.2) is 0 Å². The van der Waals surface area contributed by atoms with Gasteiger partial charge in [-0.3, -0.25) is 9.00 Å². The molecule has 1 aromatic carbocycles. The molecule has 1 heterocycles. The van der Waals surface area contributed by atoms with Crippen molar-refractivity contribution in [1.29, 1.82) is 0 Å². The average molecular weight is 270 g/mol. The Balaban J connectivity index is 2.07. The summed E-state index contributed by atoms with van der Waals surface area (Å²) in [7, 11) is -0.708. The highest BCUT2D eigenvalue weighted by Gasteiger charge is 2.18. The van der Waals surface area contributed by atoms with E-state index in [-0.39, 0.29) is 11.6 Å². The molecule has 0 aromatic heterocycles. The van der Waals surface area contributed by atoms with Gasteiger partial charge in [0.25, 0.3) is 5.91 Å². The third-order valence-corrected chi connectivity index (χ3v) is 4.37. The van der Waals surface area contributed by atoms with Crippen molar-refractivity contribution in [2.45, 2.75) is 18.9 Å². The maximum Gasteiger partial charge on any atom is 0.251 e. The standard InChI is InChI=1S/C12H15FN2O2S/c13-11-2-1-9(7-10(11)12(14)16)15-8-3-5-18(17)6-4-8/h1-2,7-8,15H,3-6H2,(H2,14,16). The minimum Gasteiger partial charge on any atom is -0.382 e. The molecule has 4 nitrogen and oxygen atoms in total. The highest BCUT2D eigenvalue weighted by molar-refractivity contribution is 7.85. The average Bonchev–Trinajstić information content (AvgIpc) is 2.34. The molecule has 6 heteroatoms. The second-order valence-electron chi connectivity index (χ2n) is 4.33. The number of benzene rings is 1. The molecule has 2 rings (SSSR count). The molecule has 18 heavy (non-hydrogen) atoms. The first-order chi connectivity index (χ1) is 8.56. The number of nitrogens with two attached hydrogens (primary N) is 1. The van der Waals surface area contributed by atoms with Crippen molar-refractivity contribution in [3.8, 4) is 0 Å². The van der Waals surface area contributed by atoms with Gasteiger partial charge in [-0.15, -0.1) is 0 Å². The molecule has 0 unspecified atom stereocenters. The van der Waals surface area contributed by atoms with Crippen LogP contribution in [0.15, 0.2) is 18.2 Å². The monoisotopic (exact) mass is 270 g/mol. The number of primary amides is 1. The van der Waals surface area contributed by atoms with Crippen LogP contribution in [0.5, 0.6) is 0 Å². The SMILES string of the molecule is NC(=O)c1cc(NC2CCS(=O)CC2)ccc1F. The van der Waals surface area contributed by atoms with Crippen LogP contribution in [0.1, 0.15) is 23.2 Å². The number of carbonyl (C=O) groups excluding carboxylic acids is 1. The van der Waals surface area contributed by atoms with Crippen molar-refractivity contribution in [2.24, 2.45) is 5.73 Å². The Hall–Kier alpha value is -1.43. The Bertz CT molecular complexity index is 483. The van der Waals surface area contributed by atoms with Gasteiger partial charge in [0.05, 0.1) is 5.56 Å². The highest BCUT2D eigenvalue weighted by atomic mass is 32.2. The van der Waals surface area contributed by atoms with E-state index >= 15 is 0 Å². The fourth-order valence-electron chi connectivity index (χ4n) is 1.98. The molecule has 1 aromatic rings. The predicted octanol–water partition coefficient (Wildman–Crippen LogP) is 1.25. The largest absolute Gasteiger partial charge is 0.382 e. The third-order valence-electron chi connectivity index (χ3n) is 2.99. The lowest BCUT2D eigenvalue weighted by molar-refractivity contribution is 0.0996. The van der Waals surface area contributed by atoms with Crippen molar-refractivity contribution in [3.63, 3.8) is 0 Å². The molecule has 1 saturated heterocycles. The molecular formula is C12H15FN2O2S. The Kier molecular flexibility index (Phi) is 3.96. The molecule has 1 fully saturated rings. The van der Waals surface area contributed by atoms with E-state index in [1.54, 1.807) is 6.07 Å². The summed E-state index contributed by atoms with van der Waals surface area (Å²) in [6.07, 6.45) is 1.63. The van der Waals surface area contributed by atoms with E-state index in [1.165, 1.54) is 12.1 Å². The van der Waals surface area contributed by atoms with E-state index in [2.05, 4.69) is 5.32 Å². The van der Waals surface area contributed by atoms with Crippen LogP contribution in [0.25, 0.3) is 0 Å². The number of halogens is 1. The van der Waals surface area contributed by atoms with Crippen molar-refractivity contribution < 1.29 is 13.4 Å². The zero-order chi connectivity index (χ0) is 13.1. The van der Waals surface area contributed by atoms with E-state index in [4.69, 9.17) is 5.73 Å². The first-order valence-electron chi connectivity index (χ1n) is 5.77. The van der Waals surface area contributed by atoms with Crippen LogP contribution in [-0.2, 0) is 10.8 Å². The van der Waals surface area contributed by atoms with Crippen LogP contribution in [0.4, 0.5) is 10.1 Å². The van der Waals surface area contributed by atoms with E-state index < -0.39 is 22.5 Å². The van der Waals surface area contributed by atoms with E-state index in [0.717, 1.165) is 12.8 Å². The predicted molar refractivity (Wildman–Crippen MR) is 69.4 cm³/mol. The second kappa shape index (κ2) is 5.48. The van der Waals surface area contributed by atoms with Crippen LogP contribution >= 0.6 is 0 Å². The van der Waals surface area contributed by atoms with Gasteiger partial charge in [0.1, 0.15) is 5.82 Å². The van der Waals surface area contributed by atoms with Gasteiger partial charge in [-0.25, -0.2) is 4.39 Å². The van der Waals surface area contributed by atoms with Gasteiger partial charge in [0, 0.05) is 34.0 Å². The Morgan fingerprint density at radius 1 is 1.39 bits per heavy atom. The summed E-state index contributed by atoms with van der Waals surface area (Å²) in [6, 6.07) is 4.44. The minimum atomic E-state index is -0.777. The summed E-state index contributed by atoms with van der Waals surface area (Å²) in [4.78, 5) is 11.0. The summed E-state index contributed by atoms with van der Waals surface area (Å²) in [6.45, 7) is 0. The smallest absolute Gasteiger partial charge is 0.251 e. The molecule has 1 aliphatic rings. The number of nitrogens with one attached hydrogen (secondary N) is 1. The lowest BCUT2D eigenvalue weighted by Crippen LogP contribution is -2.29. The molecule has 0 radical (unpaired) electrons. The van der Waals surface area contributed by atoms with Crippen molar-refractivity contribution >= 4 is 22.4 Å². The fraction of sp³-hybridized carbons (Fsp3) is 0.417. The lowest BCUT2D eigenvalue weighted by atomic mass is 10.1. The van der Waals surface area contributed by atoms with Crippen LogP contribution in [0.3, 0.4) is 0 Å². The van der Waals surface area contributed by atoms with Crippen molar-refractivity contribution in [1.82, 2.24) is 0 Å². The fourth-order valence-corrected chi connectivity index (χ4v) is 3.28. The molecule has 0 aliphatic carbocycles. The van der Waals surface area contributed by atoms with Crippen LogP contribution in [0, 0.1) is 5.82 Å². The van der Waals surface area contributed by atoms with Gasteiger partial charge in [-0.05, 0) is 31.0 Å². The Labute approximate surface area is 107 Å². The van der Waals surface area contributed by atoms with E-state index in [1.807, 2.05) is 0 Å². The maximum atomic E-state index is 13.3. The Morgan fingerprint density at radius 3 is 2.67 bits per heavy atom. The molecule has 1 aliphatic heterocycles. The number of hydrogen-bond acceptors (Lipinski definition) is 3. The molecule has 0 bridgehead atoms. The van der Waals surface area contributed by atoms with Crippen LogP contribution < -0.4 is 11.1 Å². The molecule has 1 amide bonds. The summed E-state index contributed by atoms with van der Waals surface area (Å²) in [5.74, 6) is -0.0259. The molecule has 0 spiro atoms. The Morgan fingerprint density at radius 2 is 2.06 bits per heavy atom. The van der Waals surface area contributed by atoms with Gasteiger partial charge < -0.3 is 11.1 Å². The van der Waals surface area contributed by atoms with Gasteiger partial charge >= 0.3 is 0 Å². The first-order valence-corrected chi connectivity index (χ1v) is 7.26. The number of hydrogen-bond donors (Lipinski definition) is 2. The zero-order valence-electron chi connectivity index (χ0n) is 9.82.